The number of aromatic nitrogens is 1. The standard InChI is InChI=1S/C19H17BrN2O6/c1-26-13-6-9(7-14(27-2)17(13)28-3)18(23)22-15-11-8-10(20)4-5-12(11)21-16(15)19(24)25/h4-8,21H,1-3H3,(H,22,23)(H,24,25). The summed E-state index contributed by atoms with van der Waals surface area (Å²) in [6, 6.07) is 8.20. The molecule has 0 aliphatic rings. The van der Waals surface area contributed by atoms with Crippen molar-refractivity contribution >= 4 is 44.4 Å². The Balaban J connectivity index is 2.07. The number of carboxylic acid groups (broad SMARTS) is 1. The molecule has 3 aromatic rings. The molecule has 0 atom stereocenters. The van der Waals surface area contributed by atoms with Crippen LogP contribution in [0.2, 0.25) is 0 Å². The molecule has 146 valence electrons. The van der Waals surface area contributed by atoms with Crippen molar-refractivity contribution in [2.45, 2.75) is 0 Å². The third-order valence-corrected chi connectivity index (χ3v) is 4.63. The first-order valence-electron chi connectivity index (χ1n) is 8.05. The van der Waals surface area contributed by atoms with Gasteiger partial charge >= 0.3 is 5.97 Å². The number of benzene rings is 2. The number of aromatic carboxylic acids is 1. The van der Waals surface area contributed by atoms with Crippen molar-refractivity contribution in [1.29, 1.82) is 0 Å². The first-order valence-corrected chi connectivity index (χ1v) is 8.84. The third kappa shape index (κ3) is 3.48. The first-order chi connectivity index (χ1) is 13.4. The van der Waals surface area contributed by atoms with Crippen LogP contribution in [-0.4, -0.2) is 43.3 Å². The number of carboxylic acids is 1. The molecule has 9 heteroatoms. The molecule has 8 nitrogen and oxygen atoms in total. The van der Waals surface area contributed by atoms with E-state index in [4.69, 9.17) is 14.2 Å². The minimum absolute atomic E-state index is 0.117. The highest BCUT2D eigenvalue weighted by Crippen LogP contribution is 2.38. The molecule has 2 aromatic carbocycles. The van der Waals surface area contributed by atoms with Crippen molar-refractivity contribution in [3.63, 3.8) is 0 Å². The van der Waals surface area contributed by atoms with E-state index in [1.807, 2.05) is 0 Å². The molecule has 0 aliphatic heterocycles. The molecular formula is C19H17BrN2O6. The van der Waals surface area contributed by atoms with Crippen molar-refractivity contribution < 1.29 is 28.9 Å². The third-order valence-electron chi connectivity index (χ3n) is 4.14. The molecule has 0 saturated carbocycles. The number of carbonyl (C=O) groups is 2. The summed E-state index contributed by atoms with van der Waals surface area (Å²) in [6.07, 6.45) is 0. The number of halogens is 1. The summed E-state index contributed by atoms with van der Waals surface area (Å²) >= 11 is 3.36. The van der Waals surface area contributed by atoms with Gasteiger partial charge in [-0.05, 0) is 30.3 Å². The highest BCUT2D eigenvalue weighted by Gasteiger charge is 2.22. The second-order valence-electron chi connectivity index (χ2n) is 5.74. The molecule has 3 N–H and O–H groups in total. The van der Waals surface area contributed by atoms with Gasteiger partial charge < -0.3 is 29.6 Å². The van der Waals surface area contributed by atoms with Crippen molar-refractivity contribution in [1.82, 2.24) is 4.98 Å². The van der Waals surface area contributed by atoms with Gasteiger partial charge in [-0.3, -0.25) is 4.79 Å². The fourth-order valence-corrected chi connectivity index (χ4v) is 3.21. The maximum atomic E-state index is 12.9. The quantitative estimate of drug-likeness (QED) is 0.527. The number of ether oxygens (including phenoxy) is 3. The van der Waals surface area contributed by atoms with Gasteiger partial charge in [0.1, 0.15) is 5.69 Å². The largest absolute Gasteiger partial charge is 0.493 e. The Hall–Kier alpha value is -3.20. The molecule has 1 heterocycles. The summed E-state index contributed by atoms with van der Waals surface area (Å²) < 4.78 is 16.5. The van der Waals surface area contributed by atoms with Crippen LogP contribution < -0.4 is 19.5 Å². The van der Waals surface area contributed by atoms with E-state index in [-0.39, 0.29) is 16.9 Å². The average molecular weight is 449 g/mol. The van der Waals surface area contributed by atoms with Crippen molar-refractivity contribution in [3.8, 4) is 17.2 Å². The van der Waals surface area contributed by atoms with E-state index in [0.717, 1.165) is 4.47 Å². The molecule has 28 heavy (non-hydrogen) atoms. The number of anilines is 1. The van der Waals surface area contributed by atoms with E-state index < -0.39 is 11.9 Å². The Morgan fingerprint density at radius 1 is 1.04 bits per heavy atom. The molecule has 1 aromatic heterocycles. The molecule has 0 saturated heterocycles. The number of H-pyrrole nitrogens is 1. The van der Waals surface area contributed by atoms with Gasteiger partial charge in [0.15, 0.2) is 11.5 Å². The molecule has 0 bridgehead atoms. The molecule has 0 radical (unpaired) electrons. The molecule has 0 aliphatic carbocycles. The number of hydrogen-bond donors (Lipinski definition) is 3. The van der Waals surface area contributed by atoms with Crippen LogP contribution in [0.1, 0.15) is 20.8 Å². The molecule has 3 rings (SSSR count). The van der Waals surface area contributed by atoms with E-state index in [1.165, 1.54) is 33.5 Å². The minimum atomic E-state index is -1.19. The number of nitrogens with one attached hydrogen (secondary N) is 2. The van der Waals surface area contributed by atoms with Crippen LogP contribution in [0.15, 0.2) is 34.8 Å². The lowest BCUT2D eigenvalue weighted by Gasteiger charge is -2.14. The predicted molar refractivity (Wildman–Crippen MR) is 107 cm³/mol. The Bertz CT molecular complexity index is 1050. The summed E-state index contributed by atoms with van der Waals surface area (Å²) in [5, 5.41) is 12.7. The van der Waals surface area contributed by atoms with E-state index in [1.54, 1.807) is 18.2 Å². The summed E-state index contributed by atoms with van der Waals surface area (Å²) in [6.45, 7) is 0. The molecule has 0 fully saturated rings. The van der Waals surface area contributed by atoms with E-state index >= 15 is 0 Å². The lowest BCUT2D eigenvalue weighted by atomic mass is 10.1. The lowest BCUT2D eigenvalue weighted by molar-refractivity contribution is 0.0692. The van der Waals surface area contributed by atoms with Crippen LogP contribution in [0.4, 0.5) is 5.69 Å². The monoisotopic (exact) mass is 448 g/mol. The average Bonchev–Trinajstić information content (AvgIpc) is 3.04. The first kappa shape index (κ1) is 19.6. The summed E-state index contributed by atoms with van der Waals surface area (Å²) in [5.74, 6) is -0.738. The van der Waals surface area contributed by atoms with Crippen molar-refractivity contribution in [2.75, 3.05) is 26.6 Å². The fourth-order valence-electron chi connectivity index (χ4n) is 2.85. The normalized spacial score (nSPS) is 10.6. The highest BCUT2D eigenvalue weighted by atomic mass is 79.9. The van der Waals surface area contributed by atoms with Crippen molar-refractivity contribution in [2.24, 2.45) is 0 Å². The zero-order valence-corrected chi connectivity index (χ0v) is 16.8. The van der Waals surface area contributed by atoms with Crippen LogP contribution in [-0.2, 0) is 0 Å². The SMILES string of the molecule is COc1cc(C(=O)Nc2c(C(=O)O)[nH]c3ccc(Br)cc23)cc(OC)c1OC. The Morgan fingerprint density at radius 2 is 1.68 bits per heavy atom. The Morgan fingerprint density at radius 3 is 2.21 bits per heavy atom. The van der Waals surface area contributed by atoms with E-state index in [0.29, 0.717) is 28.2 Å². The molecular weight excluding hydrogens is 432 g/mol. The van der Waals surface area contributed by atoms with Crippen LogP contribution in [0.5, 0.6) is 17.2 Å². The van der Waals surface area contributed by atoms with Crippen LogP contribution in [0, 0.1) is 0 Å². The topological polar surface area (TPSA) is 110 Å². The van der Waals surface area contributed by atoms with Gasteiger partial charge in [0.2, 0.25) is 5.75 Å². The second kappa shape index (κ2) is 7.81. The van der Waals surface area contributed by atoms with Gasteiger partial charge in [0, 0.05) is 20.9 Å². The molecule has 0 unspecified atom stereocenters. The van der Waals surface area contributed by atoms with Crippen LogP contribution in [0.25, 0.3) is 10.9 Å². The number of fused-ring (bicyclic) bond motifs is 1. The number of aromatic amines is 1. The fraction of sp³-hybridized carbons (Fsp3) is 0.158. The summed E-state index contributed by atoms with van der Waals surface area (Å²) in [4.78, 5) is 27.3. The second-order valence-corrected chi connectivity index (χ2v) is 6.65. The summed E-state index contributed by atoms with van der Waals surface area (Å²) in [5.41, 5.74) is 0.854. The van der Waals surface area contributed by atoms with Gasteiger partial charge in [-0.15, -0.1) is 0 Å². The predicted octanol–water partition coefficient (Wildman–Crippen LogP) is 3.91. The number of rotatable bonds is 6. The maximum Gasteiger partial charge on any atom is 0.354 e. The zero-order valence-electron chi connectivity index (χ0n) is 15.3. The zero-order chi connectivity index (χ0) is 20.4. The van der Waals surface area contributed by atoms with Gasteiger partial charge in [-0.2, -0.15) is 0 Å². The Kier molecular flexibility index (Phi) is 5.46. The Labute approximate surface area is 168 Å². The van der Waals surface area contributed by atoms with E-state index in [2.05, 4.69) is 26.2 Å². The lowest BCUT2D eigenvalue weighted by Crippen LogP contribution is -2.15. The van der Waals surface area contributed by atoms with Gasteiger partial charge in [-0.25, -0.2) is 4.79 Å². The molecule has 1 amide bonds. The molecule has 0 spiro atoms. The van der Waals surface area contributed by atoms with Crippen molar-refractivity contribution in [3.05, 3.63) is 46.1 Å². The minimum Gasteiger partial charge on any atom is -0.493 e. The van der Waals surface area contributed by atoms with Gasteiger partial charge in [0.25, 0.3) is 5.91 Å². The smallest absolute Gasteiger partial charge is 0.354 e. The van der Waals surface area contributed by atoms with Crippen LogP contribution >= 0.6 is 15.9 Å². The maximum absolute atomic E-state index is 12.9. The van der Waals surface area contributed by atoms with Gasteiger partial charge in [0.05, 0.1) is 27.0 Å². The number of carbonyl (C=O) groups excluding carboxylic acids is 1. The van der Waals surface area contributed by atoms with Crippen LogP contribution in [0.3, 0.4) is 0 Å². The number of hydrogen-bond acceptors (Lipinski definition) is 5. The van der Waals surface area contributed by atoms with E-state index in [9.17, 15) is 14.7 Å². The highest BCUT2D eigenvalue weighted by molar-refractivity contribution is 9.10. The number of methoxy groups -OCH3 is 3. The number of amides is 1. The summed E-state index contributed by atoms with van der Waals surface area (Å²) in [7, 11) is 4.35. The van der Waals surface area contributed by atoms with Gasteiger partial charge in [-0.1, -0.05) is 15.9 Å².